The Bertz CT molecular complexity index is 393. The standard InChI is InChI=1S/C13H19NO2/c1-3-14-11(8-15)12-7-10-6-4-5-9(2)13(10)16-12/h5,7,11,14-15H,3-4,6,8H2,1-2H3. The number of likely N-dealkylation sites (N-methyl/N-ethyl adjacent to an activating group) is 1. The monoisotopic (exact) mass is 221 g/mol. The minimum atomic E-state index is -0.0802. The Labute approximate surface area is 96.2 Å². The van der Waals surface area contributed by atoms with Crippen LogP contribution in [0.2, 0.25) is 0 Å². The van der Waals surface area contributed by atoms with E-state index in [0.29, 0.717) is 0 Å². The van der Waals surface area contributed by atoms with Gasteiger partial charge >= 0.3 is 0 Å². The van der Waals surface area contributed by atoms with Crippen molar-refractivity contribution in [3.8, 4) is 0 Å². The molecule has 88 valence electrons. The van der Waals surface area contributed by atoms with Crippen molar-refractivity contribution in [1.82, 2.24) is 5.32 Å². The first-order valence-corrected chi connectivity index (χ1v) is 5.90. The van der Waals surface area contributed by atoms with Crippen molar-refractivity contribution < 1.29 is 9.52 Å². The Morgan fingerprint density at radius 2 is 2.38 bits per heavy atom. The highest BCUT2D eigenvalue weighted by atomic mass is 16.3. The number of furan rings is 1. The molecule has 2 N–H and O–H groups in total. The van der Waals surface area contributed by atoms with Crippen LogP contribution < -0.4 is 5.32 Å². The van der Waals surface area contributed by atoms with Gasteiger partial charge in [-0.25, -0.2) is 0 Å². The maximum Gasteiger partial charge on any atom is 0.132 e. The predicted octanol–water partition coefficient (Wildman–Crippen LogP) is 2.27. The van der Waals surface area contributed by atoms with Crippen LogP contribution in [-0.2, 0) is 6.42 Å². The molecule has 2 rings (SSSR count). The Morgan fingerprint density at radius 3 is 3.00 bits per heavy atom. The largest absolute Gasteiger partial charge is 0.459 e. The zero-order chi connectivity index (χ0) is 11.5. The van der Waals surface area contributed by atoms with Crippen molar-refractivity contribution in [1.29, 1.82) is 0 Å². The first-order chi connectivity index (χ1) is 7.76. The van der Waals surface area contributed by atoms with Crippen LogP contribution in [0.1, 0.15) is 43.4 Å². The number of aryl methyl sites for hydroxylation is 1. The summed E-state index contributed by atoms with van der Waals surface area (Å²) in [5, 5.41) is 12.5. The number of rotatable bonds is 4. The molecule has 0 saturated carbocycles. The van der Waals surface area contributed by atoms with E-state index in [1.165, 1.54) is 11.1 Å². The molecular formula is C13H19NO2. The van der Waals surface area contributed by atoms with E-state index in [4.69, 9.17) is 4.42 Å². The van der Waals surface area contributed by atoms with E-state index in [1.807, 2.05) is 6.92 Å². The molecule has 1 aromatic rings. The molecule has 0 aliphatic heterocycles. The van der Waals surface area contributed by atoms with Crippen LogP contribution in [0.25, 0.3) is 5.57 Å². The SMILES string of the molecule is CCNC(CO)c1cc2c(o1)C(C)=CCC2. The summed E-state index contributed by atoms with van der Waals surface area (Å²) in [6.07, 6.45) is 4.33. The van der Waals surface area contributed by atoms with E-state index in [9.17, 15) is 5.11 Å². The number of fused-ring (bicyclic) bond motifs is 1. The molecule has 0 bridgehead atoms. The first-order valence-electron chi connectivity index (χ1n) is 5.90. The second-order valence-corrected chi connectivity index (χ2v) is 4.22. The van der Waals surface area contributed by atoms with Gasteiger partial charge in [-0.05, 0) is 43.5 Å². The Morgan fingerprint density at radius 1 is 1.56 bits per heavy atom. The van der Waals surface area contributed by atoms with Gasteiger partial charge in [0, 0.05) is 0 Å². The zero-order valence-corrected chi connectivity index (χ0v) is 9.92. The molecule has 1 aromatic heterocycles. The van der Waals surface area contributed by atoms with Crippen LogP contribution in [0.5, 0.6) is 0 Å². The number of allylic oxidation sites excluding steroid dienone is 2. The van der Waals surface area contributed by atoms with Gasteiger partial charge in [0.25, 0.3) is 0 Å². The molecule has 3 nitrogen and oxygen atoms in total. The molecule has 0 saturated heterocycles. The fourth-order valence-electron chi connectivity index (χ4n) is 2.18. The zero-order valence-electron chi connectivity index (χ0n) is 9.92. The van der Waals surface area contributed by atoms with Gasteiger partial charge in [0.15, 0.2) is 0 Å². The molecule has 16 heavy (non-hydrogen) atoms. The van der Waals surface area contributed by atoms with Gasteiger partial charge < -0.3 is 14.8 Å². The second-order valence-electron chi connectivity index (χ2n) is 4.22. The molecule has 1 unspecified atom stereocenters. The van der Waals surface area contributed by atoms with Crippen LogP contribution >= 0.6 is 0 Å². The lowest BCUT2D eigenvalue weighted by atomic mass is 9.99. The fourth-order valence-corrected chi connectivity index (χ4v) is 2.18. The lowest BCUT2D eigenvalue weighted by Gasteiger charge is -2.11. The molecule has 0 amide bonds. The lowest BCUT2D eigenvalue weighted by Crippen LogP contribution is -2.23. The van der Waals surface area contributed by atoms with Crippen molar-refractivity contribution in [2.24, 2.45) is 0 Å². The molecule has 0 spiro atoms. The van der Waals surface area contributed by atoms with E-state index in [2.05, 4.69) is 24.4 Å². The summed E-state index contributed by atoms with van der Waals surface area (Å²) in [5.74, 6) is 1.85. The van der Waals surface area contributed by atoms with E-state index >= 15 is 0 Å². The molecule has 1 aliphatic carbocycles. The summed E-state index contributed by atoms with van der Waals surface area (Å²) in [7, 11) is 0. The summed E-state index contributed by atoms with van der Waals surface area (Å²) >= 11 is 0. The van der Waals surface area contributed by atoms with E-state index in [0.717, 1.165) is 30.9 Å². The number of aliphatic hydroxyl groups is 1. The van der Waals surface area contributed by atoms with Gasteiger partial charge in [-0.15, -0.1) is 0 Å². The van der Waals surface area contributed by atoms with Crippen molar-refractivity contribution in [2.75, 3.05) is 13.2 Å². The van der Waals surface area contributed by atoms with E-state index < -0.39 is 0 Å². The van der Waals surface area contributed by atoms with Crippen molar-refractivity contribution in [3.05, 3.63) is 29.2 Å². The van der Waals surface area contributed by atoms with Gasteiger partial charge in [-0.2, -0.15) is 0 Å². The Balaban J connectivity index is 2.27. The number of nitrogens with one attached hydrogen (secondary N) is 1. The Kier molecular flexibility index (Phi) is 3.46. The molecule has 0 aromatic carbocycles. The van der Waals surface area contributed by atoms with Crippen LogP contribution in [0, 0.1) is 0 Å². The van der Waals surface area contributed by atoms with Crippen LogP contribution in [0.3, 0.4) is 0 Å². The highest BCUT2D eigenvalue weighted by Crippen LogP contribution is 2.31. The van der Waals surface area contributed by atoms with Gasteiger partial charge in [0.1, 0.15) is 11.5 Å². The summed E-state index contributed by atoms with van der Waals surface area (Å²) in [6, 6.07) is 2.00. The molecule has 0 radical (unpaired) electrons. The molecule has 3 heteroatoms. The first kappa shape index (κ1) is 11.4. The van der Waals surface area contributed by atoms with Gasteiger partial charge in [0.2, 0.25) is 0 Å². The third kappa shape index (κ3) is 2.06. The average molecular weight is 221 g/mol. The molecule has 1 atom stereocenters. The number of aliphatic hydroxyl groups excluding tert-OH is 1. The maximum atomic E-state index is 9.30. The lowest BCUT2D eigenvalue weighted by molar-refractivity contribution is 0.228. The summed E-state index contributed by atoms with van der Waals surface area (Å²) in [5.41, 5.74) is 2.48. The minimum Gasteiger partial charge on any atom is -0.459 e. The summed E-state index contributed by atoms with van der Waals surface area (Å²) in [4.78, 5) is 0. The summed E-state index contributed by atoms with van der Waals surface area (Å²) in [6.45, 7) is 5.00. The predicted molar refractivity (Wildman–Crippen MR) is 64.2 cm³/mol. The third-order valence-electron chi connectivity index (χ3n) is 3.03. The van der Waals surface area contributed by atoms with Crippen molar-refractivity contribution >= 4 is 5.57 Å². The van der Waals surface area contributed by atoms with Gasteiger partial charge in [-0.1, -0.05) is 13.0 Å². The topological polar surface area (TPSA) is 45.4 Å². The highest BCUT2D eigenvalue weighted by molar-refractivity contribution is 5.64. The van der Waals surface area contributed by atoms with Gasteiger partial charge in [-0.3, -0.25) is 0 Å². The van der Waals surface area contributed by atoms with Crippen LogP contribution in [-0.4, -0.2) is 18.3 Å². The normalized spacial score (nSPS) is 16.8. The van der Waals surface area contributed by atoms with Crippen LogP contribution in [0.15, 0.2) is 16.6 Å². The Hall–Kier alpha value is -1.06. The van der Waals surface area contributed by atoms with Gasteiger partial charge in [0.05, 0.1) is 12.6 Å². The van der Waals surface area contributed by atoms with E-state index in [-0.39, 0.29) is 12.6 Å². The minimum absolute atomic E-state index is 0.0724. The van der Waals surface area contributed by atoms with E-state index in [1.54, 1.807) is 0 Å². The molecular weight excluding hydrogens is 202 g/mol. The van der Waals surface area contributed by atoms with Crippen LogP contribution in [0.4, 0.5) is 0 Å². The number of hydrogen-bond donors (Lipinski definition) is 2. The summed E-state index contributed by atoms with van der Waals surface area (Å²) < 4.78 is 5.83. The van der Waals surface area contributed by atoms with Crippen molar-refractivity contribution in [2.45, 2.75) is 32.7 Å². The fraction of sp³-hybridized carbons (Fsp3) is 0.538. The molecule has 1 heterocycles. The molecule has 1 aliphatic rings. The second kappa shape index (κ2) is 4.85. The maximum absolute atomic E-state index is 9.30. The quantitative estimate of drug-likeness (QED) is 0.819. The third-order valence-corrected chi connectivity index (χ3v) is 3.03. The average Bonchev–Trinajstić information content (AvgIpc) is 2.71. The molecule has 0 fully saturated rings. The number of hydrogen-bond acceptors (Lipinski definition) is 3. The smallest absolute Gasteiger partial charge is 0.132 e. The van der Waals surface area contributed by atoms with Crippen molar-refractivity contribution in [3.63, 3.8) is 0 Å². The highest BCUT2D eigenvalue weighted by Gasteiger charge is 2.20.